The third kappa shape index (κ3) is 5.88. The second kappa shape index (κ2) is 8.21. The van der Waals surface area contributed by atoms with Gasteiger partial charge >= 0.3 is 5.97 Å². The summed E-state index contributed by atoms with van der Waals surface area (Å²) in [5.74, 6) is -0.284. The lowest BCUT2D eigenvalue weighted by molar-refractivity contribution is -0.138. The van der Waals surface area contributed by atoms with Gasteiger partial charge in [-0.05, 0) is 19.3 Å². The maximum atomic E-state index is 12.1. The van der Waals surface area contributed by atoms with Crippen LogP contribution in [0.25, 0.3) is 0 Å². The molecule has 0 radical (unpaired) electrons. The molecular formula is C14H27N3O3. The molecule has 2 N–H and O–H groups in total. The lowest BCUT2D eigenvalue weighted by Crippen LogP contribution is -2.47. The molecule has 6 heteroatoms. The van der Waals surface area contributed by atoms with Crippen LogP contribution in [-0.4, -0.2) is 72.1 Å². The predicted octanol–water partition coefficient (Wildman–Crippen LogP) is 0.239. The number of nitrogens with one attached hydrogen (secondary N) is 1. The molecule has 0 saturated carbocycles. The van der Waals surface area contributed by atoms with Crippen molar-refractivity contribution in [3.63, 3.8) is 0 Å². The molecule has 1 saturated heterocycles. The smallest absolute Gasteiger partial charge is 0.317 e. The summed E-state index contributed by atoms with van der Waals surface area (Å²) in [6.45, 7) is 9.90. The van der Waals surface area contributed by atoms with E-state index in [1.165, 1.54) is 0 Å². The lowest BCUT2D eigenvalue weighted by atomic mass is 10.2. The molecule has 1 aliphatic rings. The van der Waals surface area contributed by atoms with Crippen LogP contribution in [0.1, 0.15) is 27.2 Å². The Morgan fingerprint density at radius 1 is 1.15 bits per heavy atom. The van der Waals surface area contributed by atoms with Crippen LogP contribution in [0.3, 0.4) is 0 Å². The van der Waals surface area contributed by atoms with E-state index in [2.05, 4.69) is 24.1 Å². The van der Waals surface area contributed by atoms with Gasteiger partial charge in [0.1, 0.15) is 0 Å². The Kier molecular flexibility index (Phi) is 6.95. The fourth-order valence-corrected chi connectivity index (χ4v) is 2.35. The zero-order valence-corrected chi connectivity index (χ0v) is 12.8. The largest absolute Gasteiger partial charge is 0.480 e. The Balaban J connectivity index is 2.43. The molecule has 0 aromatic rings. The molecule has 0 aromatic heterocycles. The average molecular weight is 285 g/mol. The van der Waals surface area contributed by atoms with Crippen molar-refractivity contribution < 1.29 is 14.7 Å². The summed E-state index contributed by atoms with van der Waals surface area (Å²) in [6.07, 6.45) is 0.898. The molecular weight excluding hydrogens is 258 g/mol. The first kappa shape index (κ1) is 16.9. The highest BCUT2D eigenvalue weighted by molar-refractivity contribution is 5.81. The monoisotopic (exact) mass is 285 g/mol. The summed E-state index contributed by atoms with van der Waals surface area (Å²) in [6, 6.07) is -0.154. The standard InChI is InChI=1S/C14H27N3O3/c1-11(2)9-15-14(20)12(3)17-6-4-5-16(7-8-17)10-13(18)19/h11-12H,4-10H2,1-3H3,(H,15,20)(H,18,19). The highest BCUT2D eigenvalue weighted by atomic mass is 16.4. The molecule has 0 aromatic carbocycles. The van der Waals surface area contributed by atoms with Gasteiger partial charge in [-0.15, -0.1) is 0 Å². The normalized spacial score (nSPS) is 19.6. The van der Waals surface area contributed by atoms with Crippen molar-refractivity contribution >= 4 is 11.9 Å². The van der Waals surface area contributed by atoms with Crippen LogP contribution in [0.15, 0.2) is 0 Å². The van der Waals surface area contributed by atoms with E-state index in [9.17, 15) is 9.59 Å². The van der Waals surface area contributed by atoms with Gasteiger partial charge < -0.3 is 10.4 Å². The lowest BCUT2D eigenvalue weighted by Gasteiger charge is -2.27. The van der Waals surface area contributed by atoms with E-state index < -0.39 is 5.97 Å². The molecule has 0 bridgehead atoms. The summed E-state index contributed by atoms with van der Waals surface area (Å²) in [5, 5.41) is 11.8. The van der Waals surface area contributed by atoms with Crippen molar-refractivity contribution in [2.75, 3.05) is 39.3 Å². The van der Waals surface area contributed by atoms with Crippen LogP contribution in [0.5, 0.6) is 0 Å². The van der Waals surface area contributed by atoms with E-state index in [0.29, 0.717) is 19.0 Å². The molecule has 1 atom stereocenters. The number of carbonyl (C=O) groups excluding carboxylic acids is 1. The number of carbonyl (C=O) groups is 2. The Hall–Kier alpha value is -1.14. The van der Waals surface area contributed by atoms with Crippen molar-refractivity contribution in [3.8, 4) is 0 Å². The van der Waals surface area contributed by atoms with Gasteiger partial charge in [-0.3, -0.25) is 19.4 Å². The van der Waals surface area contributed by atoms with Crippen molar-refractivity contribution in [2.45, 2.75) is 33.2 Å². The van der Waals surface area contributed by atoms with E-state index >= 15 is 0 Å². The van der Waals surface area contributed by atoms with Crippen molar-refractivity contribution in [1.82, 2.24) is 15.1 Å². The number of carboxylic acids is 1. The molecule has 1 aliphatic heterocycles. The Bertz CT molecular complexity index is 334. The van der Waals surface area contributed by atoms with Crippen molar-refractivity contribution in [2.24, 2.45) is 5.92 Å². The summed E-state index contributed by atoms with van der Waals surface area (Å²) in [4.78, 5) is 26.9. The first-order chi connectivity index (χ1) is 9.40. The second-order valence-corrected chi connectivity index (χ2v) is 5.87. The van der Waals surface area contributed by atoms with Gasteiger partial charge in [0, 0.05) is 32.7 Å². The number of carboxylic acid groups (broad SMARTS) is 1. The van der Waals surface area contributed by atoms with Crippen LogP contribution in [0.4, 0.5) is 0 Å². The molecule has 1 amide bonds. The summed E-state index contributed by atoms with van der Waals surface area (Å²) < 4.78 is 0. The number of hydrogen-bond donors (Lipinski definition) is 2. The minimum Gasteiger partial charge on any atom is -0.480 e. The first-order valence-corrected chi connectivity index (χ1v) is 7.36. The van der Waals surface area contributed by atoms with Gasteiger partial charge in [0.2, 0.25) is 5.91 Å². The van der Waals surface area contributed by atoms with Gasteiger partial charge in [0.25, 0.3) is 0 Å². The molecule has 6 nitrogen and oxygen atoms in total. The Labute approximate surface area is 121 Å². The number of aliphatic carboxylic acids is 1. The van der Waals surface area contributed by atoms with Gasteiger partial charge in [-0.25, -0.2) is 0 Å². The first-order valence-electron chi connectivity index (χ1n) is 7.36. The topological polar surface area (TPSA) is 72.9 Å². The average Bonchev–Trinajstić information content (AvgIpc) is 2.60. The zero-order valence-electron chi connectivity index (χ0n) is 12.8. The molecule has 0 spiro atoms. The van der Waals surface area contributed by atoms with Crippen LogP contribution >= 0.6 is 0 Å². The summed E-state index contributed by atoms with van der Waals surface area (Å²) in [7, 11) is 0. The fourth-order valence-electron chi connectivity index (χ4n) is 2.35. The minimum absolute atomic E-state index is 0.0605. The van der Waals surface area contributed by atoms with E-state index in [4.69, 9.17) is 5.11 Å². The highest BCUT2D eigenvalue weighted by Gasteiger charge is 2.24. The van der Waals surface area contributed by atoms with Crippen LogP contribution in [-0.2, 0) is 9.59 Å². The van der Waals surface area contributed by atoms with Gasteiger partial charge in [-0.2, -0.15) is 0 Å². The fraction of sp³-hybridized carbons (Fsp3) is 0.857. The Morgan fingerprint density at radius 2 is 1.85 bits per heavy atom. The van der Waals surface area contributed by atoms with Gasteiger partial charge in [0.15, 0.2) is 0 Å². The number of rotatable bonds is 6. The Morgan fingerprint density at radius 3 is 2.45 bits per heavy atom. The maximum Gasteiger partial charge on any atom is 0.317 e. The molecule has 1 unspecified atom stereocenters. The minimum atomic E-state index is -0.791. The molecule has 1 rings (SSSR count). The van der Waals surface area contributed by atoms with E-state index in [1.807, 2.05) is 11.8 Å². The molecule has 1 heterocycles. The number of nitrogens with zero attached hydrogens (tertiary/aromatic N) is 2. The highest BCUT2D eigenvalue weighted by Crippen LogP contribution is 2.07. The quantitative estimate of drug-likeness (QED) is 0.731. The van der Waals surface area contributed by atoms with E-state index in [-0.39, 0.29) is 18.5 Å². The SMILES string of the molecule is CC(C)CNC(=O)C(C)N1CCCN(CC(=O)O)CC1. The van der Waals surface area contributed by atoms with Crippen molar-refractivity contribution in [1.29, 1.82) is 0 Å². The van der Waals surface area contributed by atoms with E-state index in [1.54, 1.807) is 0 Å². The van der Waals surface area contributed by atoms with Crippen molar-refractivity contribution in [3.05, 3.63) is 0 Å². The van der Waals surface area contributed by atoms with Crippen LogP contribution in [0, 0.1) is 5.92 Å². The molecule has 1 fully saturated rings. The third-order valence-electron chi connectivity index (χ3n) is 3.59. The zero-order chi connectivity index (χ0) is 15.1. The van der Waals surface area contributed by atoms with Gasteiger partial charge in [0.05, 0.1) is 12.6 Å². The second-order valence-electron chi connectivity index (χ2n) is 5.87. The molecule has 20 heavy (non-hydrogen) atoms. The van der Waals surface area contributed by atoms with Crippen LogP contribution < -0.4 is 5.32 Å². The third-order valence-corrected chi connectivity index (χ3v) is 3.59. The number of hydrogen-bond acceptors (Lipinski definition) is 4. The van der Waals surface area contributed by atoms with E-state index in [0.717, 1.165) is 26.1 Å². The molecule has 116 valence electrons. The maximum absolute atomic E-state index is 12.1. The summed E-state index contributed by atoms with van der Waals surface area (Å²) in [5.41, 5.74) is 0. The number of amides is 1. The molecule has 0 aliphatic carbocycles. The summed E-state index contributed by atoms with van der Waals surface area (Å²) >= 11 is 0. The van der Waals surface area contributed by atoms with Crippen LogP contribution in [0.2, 0.25) is 0 Å². The van der Waals surface area contributed by atoms with Gasteiger partial charge in [-0.1, -0.05) is 13.8 Å². The predicted molar refractivity (Wildman–Crippen MR) is 77.6 cm³/mol.